The van der Waals surface area contributed by atoms with Crippen molar-refractivity contribution in [1.82, 2.24) is 0 Å². The molecule has 1 atom stereocenters. The molecule has 0 heterocycles. The first kappa shape index (κ1) is 15.7. The van der Waals surface area contributed by atoms with Crippen LogP contribution in [0.1, 0.15) is 20.3 Å². The lowest BCUT2D eigenvalue weighted by Gasteiger charge is -2.18. The molecule has 0 amide bonds. The topological polar surface area (TPSA) is 102 Å². The zero-order valence-corrected chi connectivity index (χ0v) is 11.6. The summed E-state index contributed by atoms with van der Waals surface area (Å²) in [4.78, 5) is 21.4. The van der Waals surface area contributed by atoms with Gasteiger partial charge >= 0.3 is 11.7 Å². The van der Waals surface area contributed by atoms with Crippen molar-refractivity contribution in [2.24, 2.45) is 5.92 Å². The molecule has 1 aromatic rings. The fourth-order valence-corrected chi connectivity index (χ4v) is 1.81. The van der Waals surface area contributed by atoms with Gasteiger partial charge in [0.15, 0.2) is 5.75 Å². The number of anilines is 1. The van der Waals surface area contributed by atoms with Crippen LogP contribution < -0.4 is 10.1 Å². The summed E-state index contributed by atoms with van der Waals surface area (Å²) < 4.78 is 4.94. The van der Waals surface area contributed by atoms with Crippen LogP contribution in [0.3, 0.4) is 0 Å². The van der Waals surface area contributed by atoms with Gasteiger partial charge in [0.25, 0.3) is 0 Å². The predicted molar refractivity (Wildman–Crippen MR) is 74.1 cm³/mol. The minimum absolute atomic E-state index is 0.0914. The van der Waals surface area contributed by atoms with E-state index in [1.165, 1.54) is 25.3 Å². The van der Waals surface area contributed by atoms with E-state index in [0.29, 0.717) is 12.1 Å². The highest BCUT2D eigenvalue weighted by atomic mass is 16.6. The number of nitrogens with zero attached hydrogens (tertiary/aromatic N) is 1. The molecule has 0 spiro atoms. The quantitative estimate of drug-likeness (QED) is 0.588. The van der Waals surface area contributed by atoms with E-state index in [9.17, 15) is 14.9 Å². The number of ether oxygens (including phenoxy) is 1. The fourth-order valence-electron chi connectivity index (χ4n) is 1.81. The van der Waals surface area contributed by atoms with Gasteiger partial charge in [-0.2, -0.15) is 0 Å². The number of rotatable bonds is 7. The Bertz CT molecular complexity index is 502. The van der Waals surface area contributed by atoms with Crippen molar-refractivity contribution in [3.63, 3.8) is 0 Å². The molecule has 7 nitrogen and oxygen atoms in total. The number of aliphatic carboxylic acids is 1. The monoisotopic (exact) mass is 282 g/mol. The number of carbonyl (C=O) groups is 1. The number of hydrogen-bond acceptors (Lipinski definition) is 5. The van der Waals surface area contributed by atoms with Gasteiger partial charge < -0.3 is 15.2 Å². The Balaban J connectivity index is 2.96. The fraction of sp³-hybridized carbons (Fsp3) is 0.462. The summed E-state index contributed by atoms with van der Waals surface area (Å²) in [7, 11) is 1.33. The predicted octanol–water partition coefficient (Wildman–Crippen LogP) is 2.51. The second-order valence-electron chi connectivity index (χ2n) is 4.81. The summed E-state index contributed by atoms with van der Waals surface area (Å²) in [5, 5.41) is 22.8. The zero-order chi connectivity index (χ0) is 15.3. The normalized spacial score (nSPS) is 12.0. The average Bonchev–Trinajstić information content (AvgIpc) is 2.36. The maximum atomic E-state index is 11.2. The van der Waals surface area contributed by atoms with E-state index in [1.54, 1.807) is 0 Å². The number of methoxy groups -OCH3 is 1. The standard InChI is InChI=1S/C13H18N2O5/c1-8(2)6-10(13(16)17)14-9-4-5-11(15(18)19)12(7-9)20-3/h4-5,7-8,10,14H,6H2,1-3H3,(H,16,17)/t10-/m0/s1. The number of nitro benzene ring substituents is 1. The van der Waals surface area contributed by atoms with Crippen molar-refractivity contribution in [2.75, 3.05) is 12.4 Å². The molecule has 0 fully saturated rings. The molecular weight excluding hydrogens is 264 g/mol. The van der Waals surface area contributed by atoms with Gasteiger partial charge in [0.1, 0.15) is 6.04 Å². The molecule has 1 aromatic carbocycles. The second-order valence-corrected chi connectivity index (χ2v) is 4.81. The van der Waals surface area contributed by atoms with Gasteiger partial charge in [0, 0.05) is 17.8 Å². The number of nitro groups is 1. The first-order chi connectivity index (χ1) is 9.35. The Morgan fingerprint density at radius 1 is 1.50 bits per heavy atom. The number of benzene rings is 1. The third-order valence-electron chi connectivity index (χ3n) is 2.72. The van der Waals surface area contributed by atoms with E-state index in [-0.39, 0.29) is 17.4 Å². The average molecular weight is 282 g/mol. The van der Waals surface area contributed by atoms with Crippen LogP contribution in [0.5, 0.6) is 5.75 Å². The van der Waals surface area contributed by atoms with Gasteiger partial charge in [0.2, 0.25) is 0 Å². The van der Waals surface area contributed by atoms with Crippen LogP contribution in [0.4, 0.5) is 11.4 Å². The second kappa shape index (κ2) is 6.74. The molecule has 1 rings (SSSR count). The maximum Gasteiger partial charge on any atom is 0.326 e. The summed E-state index contributed by atoms with van der Waals surface area (Å²) >= 11 is 0. The molecule has 0 aliphatic carbocycles. The first-order valence-corrected chi connectivity index (χ1v) is 6.17. The number of carboxylic acid groups (broad SMARTS) is 1. The van der Waals surface area contributed by atoms with Crippen molar-refractivity contribution in [3.05, 3.63) is 28.3 Å². The lowest BCUT2D eigenvalue weighted by molar-refractivity contribution is -0.385. The summed E-state index contributed by atoms with van der Waals surface area (Å²) in [6.07, 6.45) is 0.453. The van der Waals surface area contributed by atoms with E-state index in [4.69, 9.17) is 9.84 Å². The van der Waals surface area contributed by atoms with Crippen LogP contribution in [0.15, 0.2) is 18.2 Å². The Kier molecular flexibility index (Phi) is 5.31. The molecule has 0 aliphatic heterocycles. The summed E-state index contributed by atoms with van der Waals surface area (Å²) in [5.74, 6) is -0.659. The molecule has 20 heavy (non-hydrogen) atoms. The molecule has 0 radical (unpaired) electrons. The Hall–Kier alpha value is -2.31. The van der Waals surface area contributed by atoms with E-state index in [2.05, 4.69) is 5.32 Å². The highest BCUT2D eigenvalue weighted by molar-refractivity contribution is 5.77. The SMILES string of the molecule is COc1cc(N[C@@H](CC(C)C)C(=O)O)ccc1[N+](=O)[O-]. The summed E-state index contributed by atoms with van der Waals surface area (Å²) in [6.45, 7) is 3.85. The van der Waals surface area contributed by atoms with Gasteiger partial charge in [-0.1, -0.05) is 13.8 Å². The van der Waals surface area contributed by atoms with Crippen LogP contribution in [0.25, 0.3) is 0 Å². The first-order valence-electron chi connectivity index (χ1n) is 6.17. The highest BCUT2D eigenvalue weighted by Gasteiger charge is 2.20. The van der Waals surface area contributed by atoms with Gasteiger partial charge in [-0.3, -0.25) is 10.1 Å². The van der Waals surface area contributed by atoms with Gasteiger partial charge in [-0.15, -0.1) is 0 Å². The van der Waals surface area contributed by atoms with Crippen LogP contribution in [-0.2, 0) is 4.79 Å². The third kappa shape index (κ3) is 4.11. The molecular formula is C13H18N2O5. The van der Waals surface area contributed by atoms with Crippen LogP contribution in [0, 0.1) is 16.0 Å². The molecule has 0 unspecified atom stereocenters. The van der Waals surface area contributed by atoms with Gasteiger partial charge in [-0.25, -0.2) is 4.79 Å². The smallest absolute Gasteiger partial charge is 0.326 e. The zero-order valence-electron chi connectivity index (χ0n) is 11.6. The minimum atomic E-state index is -0.962. The van der Waals surface area contributed by atoms with E-state index < -0.39 is 16.9 Å². The molecule has 0 bridgehead atoms. The molecule has 0 saturated heterocycles. The van der Waals surface area contributed by atoms with Crippen LogP contribution in [0.2, 0.25) is 0 Å². The van der Waals surface area contributed by atoms with Crippen LogP contribution >= 0.6 is 0 Å². The van der Waals surface area contributed by atoms with Gasteiger partial charge in [0.05, 0.1) is 12.0 Å². The molecule has 0 aromatic heterocycles. The Labute approximate surface area is 116 Å². The summed E-state index contributed by atoms with van der Waals surface area (Å²) in [6, 6.07) is 3.43. The molecule has 7 heteroatoms. The van der Waals surface area contributed by atoms with Crippen molar-refractivity contribution >= 4 is 17.3 Å². The summed E-state index contributed by atoms with van der Waals surface area (Å²) in [5.41, 5.74) is 0.314. The van der Waals surface area contributed by atoms with Gasteiger partial charge in [-0.05, 0) is 18.4 Å². The lowest BCUT2D eigenvalue weighted by atomic mass is 10.0. The van der Waals surface area contributed by atoms with Crippen molar-refractivity contribution in [3.8, 4) is 5.75 Å². The Morgan fingerprint density at radius 3 is 2.60 bits per heavy atom. The molecule has 2 N–H and O–H groups in total. The largest absolute Gasteiger partial charge is 0.490 e. The van der Waals surface area contributed by atoms with Crippen molar-refractivity contribution < 1.29 is 19.6 Å². The molecule has 110 valence electrons. The number of carboxylic acids is 1. The molecule has 0 saturated carbocycles. The minimum Gasteiger partial charge on any atom is -0.490 e. The van der Waals surface area contributed by atoms with Crippen LogP contribution in [-0.4, -0.2) is 29.2 Å². The highest BCUT2D eigenvalue weighted by Crippen LogP contribution is 2.30. The third-order valence-corrected chi connectivity index (χ3v) is 2.72. The number of nitrogens with one attached hydrogen (secondary N) is 1. The molecule has 0 aliphatic rings. The van der Waals surface area contributed by atoms with Crippen molar-refractivity contribution in [1.29, 1.82) is 0 Å². The Morgan fingerprint density at radius 2 is 2.15 bits per heavy atom. The maximum absolute atomic E-state index is 11.2. The van der Waals surface area contributed by atoms with E-state index in [1.807, 2.05) is 13.8 Å². The lowest BCUT2D eigenvalue weighted by Crippen LogP contribution is -2.30. The van der Waals surface area contributed by atoms with E-state index in [0.717, 1.165) is 0 Å². The number of hydrogen-bond donors (Lipinski definition) is 2. The van der Waals surface area contributed by atoms with Crippen molar-refractivity contribution in [2.45, 2.75) is 26.3 Å². The van der Waals surface area contributed by atoms with E-state index >= 15 is 0 Å².